The summed E-state index contributed by atoms with van der Waals surface area (Å²) in [6.07, 6.45) is -15.9. The fourth-order valence-corrected chi connectivity index (χ4v) is 9.48. The van der Waals surface area contributed by atoms with Crippen LogP contribution in [0.5, 0.6) is 0 Å². The molecule has 0 aromatic rings. The van der Waals surface area contributed by atoms with Crippen molar-refractivity contribution in [1.82, 2.24) is 0 Å². The van der Waals surface area contributed by atoms with Crippen molar-refractivity contribution < 1.29 is 163 Å². The highest BCUT2D eigenvalue weighted by atomic mass is 31.2. The van der Waals surface area contributed by atoms with Crippen molar-refractivity contribution in [2.75, 3.05) is 61.0 Å². The van der Waals surface area contributed by atoms with Crippen LogP contribution in [0.1, 0.15) is 94.9 Å². The lowest BCUT2D eigenvalue weighted by atomic mass is 9.84. The van der Waals surface area contributed by atoms with Crippen molar-refractivity contribution in [3.05, 3.63) is 0 Å². The maximum absolute atomic E-state index is 14.9. The van der Waals surface area contributed by atoms with Gasteiger partial charge >= 0.3 is 85.0 Å². The second-order valence-electron chi connectivity index (χ2n) is 14.5. The van der Waals surface area contributed by atoms with E-state index in [0.717, 1.165) is 55.4 Å². The largest absolute Gasteiger partial charge is 0.481 e. The monoisotopic (exact) mass is 1200 g/mol. The van der Waals surface area contributed by atoms with Gasteiger partial charge < -0.3 is 47.4 Å². The summed E-state index contributed by atoms with van der Waals surface area (Å²) in [6.45, 7) is -1.08. The number of unbranched alkanes of at least 4 members (excludes halogenated alkanes) is 1. The summed E-state index contributed by atoms with van der Waals surface area (Å²) in [6, 6.07) is 0. The Hall–Kier alpha value is -4.37. The molecule has 77 heavy (non-hydrogen) atoms. The summed E-state index contributed by atoms with van der Waals surface area (Å²) in [5.41, 5.74) is 0. The van der Waals surface area contributed by atoms with E-state index in [1.54, 1.807) is 6.92 Å². The van der Waals surface area contributed by atoms with Gasteiger partial charge in [-0.2, -0.15) is 0 Å². The quantitative estimate of drug-likeness (QED) is 0.0274. The first-order chi connectivity index (χ1) is 36.0. The van der Waals surface area contributed by atoms with Crippen LogP contribution in [0.2, 0.25) is 0 Å². The summed E-state index contributed by atoms with van der Waals surface area (Å²) >= 11 is 0. The smallest absolute Gasteiger partial charge is 0.457 e. The van der Waals surface area contributed by atoms with Crippen LogP contribution in [0.25, 0.3) is 0 Å². The van der Waals surface area contributed by atoms with Crippen molar-refractivity contribution in [3.8, 4) is 0 Å². The normalized spacial score (nSPS) is 18.7. The summed E-state index contributed by atoms with van der Waals surface area (Å²) < 4.78 is 175. The SMILES string of the molecule is CCCCO[C@@H]1[C@H](OC(=O)CCC)[C@@H](OP(=O)(OCOC(C)=O)OCOC(C)=O)[C@H](OP(=O)(OCOC(C)=O)OCOC(C)=O)[C@@H](OP(=O)(OCOC(C)=O)OCOC(C)=O)[C@@H]1OP(=O)(OCOC(C)=O)OCOC(C)=O. The molecule has 0 saturated heterocycles. The van der Waals surface area contributed by atoms with Crippen LogP contribution in [0.4, 0.5) is 0 Å². The summed E-state index contributed by atoms with van der Waals surface area (Å²) in [4.78, 5) is 109. The Morgan fingerprint density at radius 2 is 0.545 bits per heavy atom. The molecule has 1 aliphatic carbocycles. The van der Waals surface area contributed by atoms with Crippen LogP contribution >= 0.6 is 31.3 Å². The van der Waals surface area contributed by atoms with Gasteiger partial charge in [0.1, 0.15) is 30.5 Å². The Bertz CT molecular complexity index is 2060. The fourth-order valence-electron chi connectivity index (χ4n) is 5.08. The molecule has 39 heteroatoms. The van der Waals surface area contributed by atoms with Gasteiger partial charge in [-0.05, 0) is 12.8 Å². The van der Waals surface area contributed by atoms with E-state index in [0.29, 0.717) is 6.42 Å². The van der Waals surface area contributed by atoms with E-state index < -0.39 is 189 Å². The molecule has 0 aromatic carbocycles. The number of carbonyl (C=O) groups is 9. The summed E-state index contributed by atoms with van der Waals surface area (Å²) in [5.74, 6) is -9.81. The molecule has 0 bridgehead atoms. The molecule has 1 aliphatic rings. The highest BCUT2D eigenvalue weighted by Crippen LogP contribution is 2.62. The van der Waals surface area contributed by atoms with E-state index in [2.05, 4.69) is 0 Å². The molecule has 0 unspecified atom stereocenters. The predicted molar refractivity (Wildman–Crippen MR) is 241 cm³/mol. The van der Waals surface area contributed by atoms with E-state index in [9.17, 15) is 61.4 Å². The zero-order chi connectivity index (χ0) is 58.4. The average Bonchev–Trinajstić information content (AvgIpc) is 3.28. The maximum Gasteiger partial charge on any atom is 0.481 e. The number of ether oxygens (including phenoxy) is 10. The van der Waals surface area contributed by atoms with Crippen molar-refractivity contribution in [2.24, 2.45) is 0 Å². The lowest BCUT2D eigenvalue weighted by Gasteiger charge is -2.49. The number of rotatable bonds is 39. The van der Waals surface area contributed by atoms with Crippen molar-refractivity contribution in [2.45, 2.75) is 132 Å². The Morgan fingerprint density at radius 1 is 0.325 bits per heavy atom. The minimum absolute atomic E-state index is 0.0222. The second-order valence-corrected chi connectivity index (χ2v) is 21.0. The summed E-state index contributed by atoms with van der Waals surface area (Å²) in [7, 11) is -23.0. The molecule has 0 heterocycles. The predicted octanol–water partition coefficient (Wildman–Crippen LogP) is 4.17. The molecule has 1 saturated carbocycles. The lowest BCUT2D eigenvalue weighted by Crippen LogP contribution is -2.67. The van der Waals surface area contributed by atoms with Gasteiger partial charge in [0.05, 0.1) is 0 Å². The standard InChI is InChI=1S/C38H62O35P4/c1-11-13-15-52-33-34(69-32(47)14-12-2)36(71-75(49,63-18-55-26(5)41)64-19-56-27(6)42)38(73-77(51,67-22-59-30(9)45)68-23-60-31(10)46)37(72-76(50,65-20-57-28(7)43)66-21-58-29(8)44)35(33)70-74(48,61-16-53-24(3)39)62-17-54-25(4)40/h33-38H,11-23H2,1-10H3/t33-,34+,35-,36-,37+,38+/m1/s1. The average molecular weight is 1200 g/mol. The molecule has 0 aromatic heterocycles. The van der Waals surface area contributed by atoms with Crippen LogP contribution in [0.15, 0.2) is 0 Å². The minimum atomic E-state index is -5.81. The van der Waals surface area contributed by atoms with Crippen LogP contribution in [0, 0.1) is 0 Å². The van der Waals surface area contributed by atoms with Crippen molar-refractivity contribution in [3.63, 3.8) is 0 Å². The number of carbonyl (C=O) groups excluding carboxylic acids is 9. The van der Waals surface area contributed by atoms with Crippen LogP contribution in [-0.4, -0.2) is 151 Å². The Kier molecular flexibility index (Phi) is 33.0. The summed E-state index contributed by atoms with van der Waals surface area (Å²) in [5, 5.41) is 0. The third kappa shape index (κ3) is 30.0. The topological polar surface area (TPSA) is 425 Å². The number of phosphoric acid groups is 4. The molecule has 0 aliphatic heterocycles. The van der Waals surface area contributed by atoms with E-state index in [4.69, 9.17) is 102 Å². The first kappa shape index (κ1) is 70.6. The molecule has 6 atom stereocenters. The maximum atomic E-state index is 14.9. The van der Waals surface area contributed by atoms with Gasteiger partial charge in [0.25, 0.3) is 0 Å². The van der Waals surface area contributed by atoms with Gasteiger partial charge in [-0.3, -0.25) is 61.2 Å². The first-order valence-electron chi connectivity index (χ1n) is 22.2. The molecule has 0 radical (unpaired) electrons. The third-order valence-electron chi connectivity index (χ3n) is 8.26. The lowest BCUT2D eigenvalue weighted by molar-refractivity contribution is -0.238. The highest BCUT2D eigenvalue weighted by Gasteiger charge is 2.63. The molecule has 0 spiro atoms. The van der Waals surface area contributed by atoms with Crippen molar-refractivity contribution >= 4 is 85.0 Å². The molecule has 0 amide bonds. The molecule has 1 fully saturated rings. The molecular formula is C38H62O35P4. The highest BCUT2D eigenvalue weighted by molar-refractivity contribution is 7.49. The minimum Gasteiger partial charge on any atom is -0.457 e. The molecular weight excluding hydrogens is 1140 g/mol. The van der Waals surface area contributed by atoms with E-state index in [1.807, 2.05) is 0 Å². The van der Waals surface area contributed by atoms with Gasteiger partial charge in [0.15, 0.2) is 6.10 Å². The Labute approximate surface area is 439 Å². The van der Waals surface area contributed by atoms with E-state index in [-0.39, 0.29) is 12.8 Å². The number of hydrogen-bond acceptors (Lipinski definition) is 35. The Balaban J connectivity index is 4.94. The third-order valence-corrected chi connectivity index (χ3v) is 13.6. The first-order valence-corrected chi connectivity index (χ1v) is 28.0. The zero-order valence-corrected chi connectivity index (χ0v) is 46.8. The van der Waals surface area contributed by atoms with Gasteiger partial charge in [0, 0.05) is 68.4 Å². The number of hydrogen-bond donors (Lipinski definition) is 0. The van der Waals surface area contributed by atoms with Gasteiger partial charge in [-0.15, -0.1) is 0 Å². The number of phosphoric ester groups is 4. The van der Waals surface area contributed by atoms with Crippen LogP contribution < -0.4 is 0 Å². The molecule has 1 rings (SSSR count). The van der Waals surface area contributed by atoms with Gasteiger partial charge in [-0.25, -0.2) is 54.5 Å². The zero-order valence-electron chi connectivity index (χ0n) is 43.2. The molecule has 444 valence electrons. The van der Waals surface area contributed by atoms with E-state index in [1.165, 1.54) is 6.92 Å². The fraction of sp³-hybridized carbons (Fsp3) is 0.763. The molecule has 0 N–H and O–H groups in total. The second kappa shape index (κ2) is 36.0. The van der Waals surface area contributed by atoms with E-state index >= 15 is 0 Å². The van der Waals surface area contributed by atoms with Gasteiger partial charge in [0.2, 0.25) is 54.3 Å². The van der Waals surface area contributed by atoms with Crippen LogP contribution in [0.3, 0.4) is 0 Å². The van der Waals surface area contributed by atoms with Gasteiger partial charge in [-0.1, -0.05) is 20.3 Å². The molecule has 35 nitrogen and oxygen atoms in total. The van der Waals surface area contributed by atoms with Crippen LogP contribution in [-0.2, 0) is 163 Å². The Morgan fingerprint density at radius 3 is 0.753 bits per heavy atom. The number of esters is 9. The van der Waals surface area contributed by atoms with Crippen molar-refractivity contribution in [1.29, 1.82) is 0 Å².